The van der Waals surface area contributed by atoms with Crippen LogP contribution >= 0.6 is 0 Å². The molecule has 0 aliphatic carbocycles. The number of rotatable bonds is 6. The van der Waals surface area contributed by atoms with Gasteiger partial charge in [-0.3, -0.25) is 0 Å². The zero-order valence-corrected chi connectivity index (χ0v) is 13.5. The maximum Gasteiger partial charge on any atom is 0.0266 e. The first kappa shape index (κ1) is 64.9. The van der Waals surface area contributed by atoms with E-state index >= 15 is 0 Å². The molecule has 0 aliphatic heterocycles. The van der Waals surface area contributed by atoms with Gasteiger partial charge in [-0.1, -0.05) is 112 Å². The molecule has 0 nitrogen and oxygen atoms in total. The molecule has 0 spiro atoms. The van der Waals surface area contributed by atoms with Gasteiger partial charge in [-0.25, -0.2) is 0 Å². The van der Waals surface area contributed by atoms with E-state index in [9.17, 15) is 0 Å². The zero-order chi connectivity index (χ0) is 11.4. The molecule has 0 fully saturated rings. The largest absolute Gasteiger partial charge is 0.793 e. The van der Waals surface area contributed by atoms with Gasteiger partial charge in [-0.05, 0) is 0 Å². The summed E-state index contributed by atoms with van der Waals surface area (Å²) < 4.78 is 14.2. The van der Waals surface area contributed by atoms with Crippen LogP contribution in [0, 0.1) is 0 Å². The van der Waals surface area contributed by atoms with Crippen LogP contribution in [0.3, 0.4) is 0 Å². The molecule has 0 aromatic heterocycles. The monoisotopic (exact) mass is 438 g/mol. The van der Waals surface area contributed by atoms with E-state index in [1.807, 2.05) is 13.8 Å². The standard InChI is InChI=1S/2C5H12S.8CH4.2V/c2*1-2-3-4-5-6;;;;;;;;;;/h2*6H,2-5H2,1H3;8*1H4;;/p-2/i3D;2D;;;;;;;;;;. The summed E-state index contributed by atoms with van der Waals surface area (Å²) >= 11 is 9.36. The van der Waals surface area contributed by atoms with Gasteiger partial charge in [0.05, 0.1) is 0 Å². The van der Waals surface area contributed by atoms with Crippen molar-refractivity contribution in [1.29, 1.82) is 0 Å². The van der Waals surface area contributed by atoms with Crippen molar-refractivity contribution < 1.29 is 39.9 Å². The number of hydrogen-bond acceptors (Lipinski definition) is 2. The molecular formula is C18H54S2V2-2. The van der Waals surface area contributed by atoms with Crippen molar-refractivity contribution in [3.8, 4) is 0 Å². The Morgan fingerprint density at radius 3 is 1.05 bits per heavy atom. The summed E-state index contributed by atoms with van der Waals surface area (Å²) in [5, 5.41) is 0. The summed E-state index contributed by atoms with van der Waals surface area (Å²) in [5.41, 5.74) is 0. The molecule has 150 valence electrons. The molecule has 0 bridgehead atoms. The fraction of sp³-hybridized carbons (Fsp3) is 1.00. The molecule has 0 saturated carbocycles. The summed E-state index contributed by atoms with van der Waals surface area (Å²) in [4.78, 5) is 0. The van der Waals surface area contributed by atoms with Crippen molar-refractivity contribution in [3.63, 3.8) is 0 Å². The van der Waals surface area contributed by atoms with Crippen molar-refractivity contribution in [2.45, 2.75) is 112 Å². The van der Waals surface area contributed by atoms with Gasteiger partial charge < -0.3 is 25.3 Å². The summed E-state index contributed by atoms with van der Waals surface area (Å²) in [7, 11) is 0. The van der Waals surface area contributed by atoms with Gasteiger partial charge in [-0.2, -0.15) is 11.5 Å². The van der Waals surface area contributed by atoms with Crippen molar-refractivity contribution in [3.05, 3.63) is 0 Å². The molecule has 4 heteroatoms. The summed E-state index contributed by atoms with van der Waals surface area (Å²) in [6.45, 7) is 3.91. The maximum atomic E-state index is 7.15. The predicted molar refractivity (Wildman–Crippen MR) is 117 cm³/mol. The molecule has 2 unspecified atom stereocenters. The Kier molecular flexibility index (Phi) is 331. The van der Waals surface area contributed by atoms with Gasteiger partial charge in [0.1, 0.15) is 0 Å². The fourth-order valence-corrected chi connectivity index (χ4v) is 0.908. The molecule has 0 aromatic carbocycles. The molecule has 0 aliphatic rings. The van der Waals surface area contributed by atoms with Crippen LogP contribution in [0.4, 0.5) is 0 Å². The minimum atomic E-state index is 0. The van der Waals surface area contributed by atoms with Gasteiger partial charge in [0.25, 0.3) is 0 Å². The molecule has 2 atom stereocenters. The smallest absolute Gasteiger partial charge is 0.0266 e. The third kappa shape index (κ3) is 154. The van der Waals surface area contributed by atoms with Crippen molar-refractivity contribution in [2.75, 3.05) is 11.5 Å². The Morgan fingerprint density at radius 1 is 0.636 bits per heavy atom. The molecule has 0 aromatic rings. The molecule has 22 heavy (non-hydrogen) atoms. The van der Waals surface area contributed by atoms with Crippen LogP contribution in [0.5, 0.6) is 0 Å². The van der Waals surface area contributed by atoms with Gasteiger partial charge in [0, 0.05) is 39.9 Å². The third-order valence-corrected chi connectivity index (χ3v) is 1.77. The Balaban J connectivity index is -0.00000000847. The summed E-state index contributed by atoms with van der Waals surface area (Å²) in [5.74, 6) is 1.55. The van der Waals surface area contributed by atoms with Gasteiger partial charge in [0.15, 0.2) is 0 Å². The van der Waals surface area contributed by atoms with Crippen LogP contribution in [-0.2, 0) is 62.4 Å². The third-order valence-electron chi connectivity index (χ3n) is 1.25. The van der Waals surface area contributed by atoms with E-state index in [0.29, 0.717) is 0 Å². The van der Waals surface area contributed by atoms with Gasteiger partial charge in [-0.15, -0.1) is 0 Å². The average Bonchev–Trinajstić information content (AvgIpc) is 2.16. The second-order valence-electron chi connectivity index (χ2n) is 2.44. The molecule has 0 N–H and O–H groups in total. The van der Waals surface area contributed by atoms with E-state index in [-0.39, 0.29) is 109 Å². The van der Waals surface area contributed by atoms with Crippen LogP contribution in [-0.4, -0.2) is 11.5 Å². The topological polar surface area (TPSA) is 0 Å². The zero-order valence-electron chi connectivity index (χ0n) is 11.1. The molecule has 0 saturated heterocycles. The number of hydrogen-bond donors (Lipinski definition) is 0. The van der Waals surface area contributed by atoms with Gasteiger partial charge >= 0.3 is 0 Å². The Labute approximate surface area is 187 Å². The van der Waals surface area contributed by atoms with Gasteiger partial charge in [0.2, 0.25) is 0 Å². The summed E-state index contributed by atoms with van der Waals surface area (Å²) in [6.07, 6.45) is 3.99. The average molecular weight is 439 g/mol. The van der Waals surface area contributed by atoms with Crippen molar-refractivity contribution in [2.24, 2.45) is 0 Å². The quantitative estimate of drug-likeness (QED) is 0.381. The predicted octanol–water partition coefficient (Wildman–Crippen LogP) is 8.53. The second-order valence-corrected chi connectivity index (χ2v) is 3.26. The minimum Gasteiger partial charge on any atom is -0.793 e. The summed E-state index contributed by atoms with van der Waals surface area (Å²) in [6, 6.07) is 0. The van der Waals surface area contributed by atoms with E-state index in [1.54, 1.807) is 0 Å². The molecule has 2 radical (unpaired) electrons. The molecule has 0 rings (SSSR count). The Morgan fingerprint density at radius 2 is 0.955 bits per heavy atom. The first-order valence-electron chi connectivity index (χ1n) is 5.74. The van der Waals surface area contributed by atoms with Crippen molar-refractivity contribution in [1.82, 2.24) is 0 Å². The molecule has 0 amide bonds. The van der Waals surface area contributed by atoms with Crippen LogP contribution in [0.1, 0.15) is 114 Å². The van der Waals surface area contributed by atoms with Crippen LogP contribution in [0.15, 0.2) is 0 Å². The van der Waals surface area contributed by atoms with E-state index in [4.69, 9.17) is 2.74 Å². The fourth-order valence-electron chi connectivity index (χ4n) is 0.575. The van der Waals surface area contributed by atoms with Crippen LogP contribution in [0.25, 0.3) is 0 Å². The minimum absolute atomic E-state index is 0. The molecular weight excluding hydrogens is 382 g/mol. The van der Waals surface area contributed by atoms with E-state index in [1.165, 1.54) is 0 Å². The Bertz CT molecular complexity index is 113. The maximum absolute atomic E-state index is 7.15. The van der Waals surface area contributed by atoms with Crippen LogP contribution < -0.4 is 0 Å². The first-order chi connectivity index (χ1) is 6.58. The Hall–Kier alpha value is 1.87. The van der Waals surface area contributed by atoms with Crippen LogP contribution in [0.2, 0.25) is 0 Å². The van der Waals surface area contributed by atoms with E-state index in [0.717, 1.165) is 37.2 Å². The van der Waals surface area contributed by atoms with Crippen molar-refractivity contribution >= 4 is 25.3 Å². The first-order valence-corrected chi connectivity index (χ1v) is 5.74. The van der Waals surface area contributed by atoms with E-state index < -0.39 is 0 Å². The second kappa shape index (κ2) is 112. The SMILES string of the molecule is C.C.C.C.C.C.C.C.[2H]C(C)CCC[S-].[2H]C(CC)CC[S-].[V].[V]. The van der Waals surface area contributed by atoms with E-state index in [2.05, 4.69) is 25.3 Å². The molecule has 0 heterocycles. The normalized spacial score (nSPS) is 9.09.